The van der Waals surface area contributed by atoms with Crippen LogP contribution in [-0.4, -0.2) is 49.8 Å². The maximum absolute atomic E-state index is 6.05. The molecule has 1 rings (SSSR count). The first-order valence-electron chi connectivity index (χ1n) is 6.58. The van der Waals surface area contributed by atoms with E-state index in [1.165, 1.54) is 0 Å². The van der Waals surface area contributed by atoms with Crippen molar-refractivity contribution in [3.8, 4) is 0 Å². The average Bonchev–Trinajstić information content (AvgIpc) is 2.54. The molecule has 1 aliphatic heterocycles. The van der Waals surface area contributed by atoms with Crippen LogP contribution in [0, 0.1) is 0 Å². The Balaban J connectivity index is 2.60. The molecule has 108 valence electrons. The lowest BCUT2D eigenvalue weighted by Crippen LogP contribution is -2.43. The largest absolute Gasteiger partial charge is 0.376 e. The van der Waals surface area contributed by atoms with Crippen LogP contribution in [0.2, 0.25) is 0 Å². The van der Waals surface area contributed by atoms with Crippen LogP contribution in [0.1, 0.15) is 41.5 Å². The maximum atomic E-state index is 6.05. The second-order valence-electron chi connectivity index (χ2n) is 6.76. The molecule has 0 spiro atoms. The van der Waals surface area contributed by atoms with Gasteiger partial charge in [-0.2, -0.15) is 0 Å². The molecule has 4 nitrogen and oxygen atoms in total. The van der Waals surface area contributed by atoms with Gasteiger partial charge in [-0.15, -0.1) is 0 Å². The van der Waals surface area contributed by atoms with Crippen molar-refractivity contribution in [2.24, 2.45) is 0 Å². The van der Waals surface area contributed by atoms with Gasteiger partial charge in [0.05, 0.1) is 24.4 Å². The lowest BCUT2D eigenvalue weighted by molar-refractivity contribution is -0.140. The van der Waals surface area contributed by atoms with Gasteiger partial charge in [-0.1, -0.05) is 0 Å². The second-order valence-corrected chi connectivity index (χ2v) is 6.76. The fourth-order valence-electron chi connectivity index (χ4n) is 1.88. The van der Waals surface area contributed by atoms with Crippen LogP contribution in [0.3, 0.4) is 0 Å². The third-order valence-corrected chi connectivity index (χ3v) is 2.68. The first kappa shape index (κ1) is 15.9. The molecule has 0 N–H and O–H groups in total. The fraction of sp³-hybridized carbons (Fsp3) is 1.00. The number of hydrogen-bond donors (Lipinski definition) is 0. The minimum atomic E-state index is -0.213. The molecule has 0 aliphatic carbocycles. The van der Waals surface area contributed by atoms with Crippen LogP contribution in [0.4, 0.5) is 0 Å². The summed E-state index contributed by atoms with van der Waals surface area (Å²) in [6, 6.07) is 0. The van der Waals surface area contributed by atoms with Gasteiger partial charge in [0.15, 0.2) is 0 Å². The first-order valence-corrected chi connectivity index (χ1v) is 6.58. The molecule has 4 heteroatoms. The summed E-state index contributed by atoms with van der Waals surface area (Å²) in [7, 11) is 1.69. The van der Waals surface area contributed by atoms with E-state index in [0.29, 0.717) is 13.2 Å². The van der Waals surface area contributed by atoms with Gasteiger partial charge in [0.1, 0.15) is 18.3 Å². The molecule has 0 radical (unpaired) electrons. The van der Waals surface area contributed by atoms with Crippen molar-refractivity contribution in [3.63, 3.8) is 0 Å². The Morgan fingerprint density at radius 3 is 2.11 bits per heavy atom. The summed E-state index contributed by atoms with van der Waals surface area (Å²) in [4.78, 5) is 0. The van der Waals surface area contributed by atoms with Crippen LogP contribution < -0.4 is 0 Å². The molecule has 1 fully saturated rings. The van der Waals surface area contributed by atoms with Crippen molar-refractivity contribution in [1.29, 1.82) is 0 Å². The highest BCUT2D eigenvalue weighted by Gasteiger charge is 2.41. The Hall–Kier alpha value is -0.160. The summed E-state index contributed by atoms with van der Waals surface area (Å²) in [5, 5.41) is 0. The fourth-order valence-corrected chi connectivity index (χ4v) is 1.88. The van der Waals surface area contributed by atoms with Gasteiger partial charge < -0.3 is 18.9 Å². The number of rotatable bonds is 4. The van der Waals surface area contributed by atoms with Crippen molar-refractivity contribution in [2.45, 2.75) is 71.1 Å². The zero-order valence-electron chi connectivity index (χ0n) is 12.8. The Bertz CT molecular complexity index is 252. The third kappa shape index (κ3) is 5.22. The van der Waals surface area contributed by atoms with Gasteiger partial charge >= 0.3 is 0 Å². The molecular formula is C14H28O4. The normalized spacial score (nSPS) is 29.8. The van der Waals surface area contributed by atoms with E-state index in [1.54, 1.807) is 7.11 Å². The molecule has 18 heavy (non-hydrogen) atoms. The van der Waals surface area contributed by atoms with E-state index in [2.05, 4.69) is 0 Å². The molecule has 1 heterocycles. The Labute approximate surface area is 111 Å². The zero-order valence-corrected chi connectivity index (χ0v) is 12.8. The van der Waals surface area contributed by atoms with Crippen LogP contribution in [0.5, 0.6) is 0 Å². The standard InChI is InChI=1S/C14H28O4/c1-13(2,3)17-9-11-12(18-14(4,5)6)10(15-7)8-16-11/h10-12H,8-9H2,1-7H3. The Morgan fingerprint density at radius 2 is 1.67 bits per heavy atom. The van der Waals surface area contributed by atoms with E-state index < -0.39 is 0 Å². The summed E-state index contributed by atoms with van der Waals surface area (Å²) in [5.74, 6) is 0. The van der Waals surface area contributed by atoms with Crippen molar-refractivity contribution >= 4 is 0 Å². The molecule has 0 aromatic carbocycles. The zero-order chi connectivity index (χ0) is 14.0. The monoisotopic (exact) mass is 260 g/mol. The molecule has 0 bridgehead atoms. The topological polar surface area (TPSA) is 36.9 Å². The molecule has 1 aliphatic rings. The van der Waals surface area contributed by atoms with Crippen molar-refractivity contribution in [3.05, 3.63) is 0 Å². The number of ether oxygens (including phenoxy) is 4. The Kier molecular flexibility index (Phi) is 5.18. The van der Waals surface area contributed by atoms with Gasteiger partial charge in [0, 0.05) is 7.11 Å². The highest BCUT2D eigenvalue weighted by atomic mass is 16.6. The van der Waals surface area contributed by atoms with Gasteiger partial charge in [-0.05, 0) is 41.5 Å². The van der Waals surface area contributed by atoms with Gasteiger partial charge in [0.25, 0.3) is 0 Å². The quantitative estimate of drug-likeness (QED) is 0.778. The van der Waals surface area contributed by atoms with Gasteiger partial charge in [-0.25, -0.2) is 0 Å². The minimum absolute atomic E-state index is 0.0159. The molecule has 1 saturated heterocycles. The smallest absolute Gasteiger partial charge is 0.115 e. The minimum Gasteiger partial charge on any atom is -0.376 e. The van der Waals surface area contributed by atoms with E-state index in [-0.39, 0.29) is 29.5 Å². The molecule has 0 saturated carbocycles. The van der Waals surface area contributed by atoms with Crippen molar-refractivity contribution in [2.75, 3.05) is 20.3 Å². The summed E-state index contributed by atoms with van der Waals surface area (Å²) in [5.41, 5.74) is -0.379. The first-order chi connectivity index (χ1) is 8.12. The summed E-state index contributed by atoms with van der Waals surface area (Å²) >= 11 is 0. The van der Waals surface area contributed by atoms with E-state index >= 15 is 0 Å². The van der Waals surface area contributed by atoms with E-state index in [0.717, 1.165) is 0 Å². The van der Waals surface area contributed by atoms with E-state index in [1.807, 2.05) is 41.5 Å². The van der Waals surface area contributed by atoms with Crippen molar-refractivity contribution in [1.82, 2.24) is 0 Å². The molecular weight excluding hydrogens is 232 g/mol. The molecule has 3 unspecified atom stereocenters. The van der Waals surface area contributed by atoms with Gasteiger partial charge in [0.2, 0.25) is 0 Å². The molecule has 0 aromatic rings. The number of hydrogen-bond acceptors (Lipinski definition) is 4. The highest BCUT2D eigenvalue weighted by molar-refractivity contribution is 4.88. The highest BCUT2D eigenvalue weighted by Crippen LogP contribution is 2.26. The summed E-state index contributed by atoms with van der Waals surface area (Å²) in [6.45, 7) is 13.3. The maximum Gasteiger partial charge on any atom is 0.115 e. The van der Waals surface area contributed by atoms with E-state index in [4.69, 9.17) is 18.9 Å². The summed E-state index contributed by atoms with van der Waals surface area (Å²) < 4.78 is 23.0. The van der Waals surface area contributed by atoms with Crippen LogP contribution >= 0.6 is 0 Å². The lowest BCUT2D eigenvalue weighted by atomic mass is 10.1. The molecule has 0 amide bonds. The molecule has 3 atom stereocenters. The van der Waals surface area contributed by atoms with Crippen LogP contribution in [0.15, 0.2) is 0 Å². The predicted octanol–water partition coefficient (Wildman–Crippen LogP) is 2.40. The summed E-state index contributed by atoms with van der Waals surface area (Å²) in [6.07, 6.45) is -0.149. The average molecular weight is 260 g/mol. The van der Waals surface area contributed by atoms with E-state index in [9.17, 15) is 0 Å². The third-order valence-electron chi connectivity index (χ3n) is 2.68. The van der Waals surface area contributed by atoms with Crippen LogP contribution in [-0.2, 0) is 18.9 Å². The Morgan fingerprint density at radius 1 is 1.06 bits per heavy atom. The second kappa shape index (κ2) is 5.87. The molecule has 0 aromatic heterocycles. The van der Waals surface area contributed by atoms with Crippen molar-refractivity contribution < 1.29 is 18.9 Å². The van der Waals surface area contributed by atoms with Gasteiger partial charge in [-0.3, -0.25) is 0 Å². The predicted molar refractivity (Wildman–Crippen MR) is 70.9 cm³/mol. The lowest BCUT2D eigenvalue weighted by Gasteiger charge is -2.31. The number of methoxy groups -OCH3 is 1. The van der Waals surface area contributed by atoms with Crippen LogP contribution in [0.25, 0.3) is 0 Å². The SMILES string of the molecule is COC1COC(COC(C)(C)C)C1OC(C)(C)C.